The molecule has 2 aromatic rings. The highest BCUT2D eigenvalue weighted by Gasteiger charge is 2.31. The molecule has 0 saturated heterocycles. The van der Waals surface area contributed by atoms with Gasteiger partial charge in [0.25, 0.3) is 15.9 Å². The van der Waals surface area contributed by atoms with Crippen LogP contribution in [0, 0.1) is 0 Å². The van der Waals surface area contributed by atoms with Crippen LogP contribution in [0.25, 0.3) is 0 Å². The van der Waals surface area contributed by atoms with Crippen LogP contribution in [0.2, 0.25) is 5.02 Å². The summed E-state index contributed by atoms with van der Waals surface area (Å²) in [5, 5.41) is 2.76. The monoisotopic (exact) mass is 352 g/mol. The van der Waals surface area contributed by atoms with Crippen molar-refractivity contribution in [2.45, 2.75) is 17.9 Å². The first-order chi connectivity index (χ1) is 10.9. The van der Waals surface area contributed by atoms with Crippen LogP contribution in [0.1, 0.15) is 6.92 Å². The normalized spacial score (nSPS) is 17.0. The summed E-state index contributed by atoms with van der Waals surface area (Å²) < 4.78 is 33.2. The molecule has 2 aromatic carbocycles. The second kappa shape index (κ2) is 5.75. The van der Waals surface area contributed by atoms with Gasteiger partial charge in [0, 0.05) is 10.7 Å². The zero-order valence-electron chi connectivity index (χ0n) is 12.0. The van der Waals surface area contributed by atoms with Crippen LogP contribution < -0.4 is 14.8 Å². The molecule has 120 valence electrons. The third-order valence-electron chi connectivity index (χ3n) is 3.26. The van der Waals surface area contributed by atoms with Gasteiger partial charge in [0.15, 0.2) is 11.9 Å². The zero-order chi connectivity index (χ0) is 16.6. The van der Waals surface area contributed by atoms with E-state index in [2.05, 4.69) is 10.0 Å². The van der Waals surface area contributed by atoms with E-state index in [0.29, 0.717) is 5.69 Å². The fourth-order valence-electron chi connectivity index (χ4n) is 2.16. The second-order valence-corrected chi connectivity index (χ2v) is 7.09. The lowest BCUT2D eigenvalue weighted by Crippen LogP contribution is -2.35. The number of nitrogens with one attached hydrogen (secondary N) is 2. The third-order valence-corrected chi connectivity index (χ3v) is 4.86. The van der Waals surface area contributed by atoms with Gasteiger partial charge in [0.1, 0.15) is 4.90 Å². The Bertz CT molecular complexity index is 869. The van der Waals surface area contributed by atoms with Gasteiger partial charge in [0.05, 0.1) is 5.69 Å². The quantitative estimate of drug-likeness (QED) is 0.889. The summed E-state index contributed by atoms with van der Waals surface area (Å²) in [5.41, 5.74) is 0.642. The number of hydrogen-bond donors (Lipinski definition) is 2. The lowest BCUT2D eigenvalue weighted by Gasteiger charge is -2.25. The maximum absolute atomic E-state index is 12.7. The lowest BCUT2D eigenvalue weighted by molar-refractivity contribution is -0.122. The van der Waals surface area contributed by atoms with Crippen molar-refractivity contribution >= 4 is 38.9 Å². The minimum Gasteiger partial charge on any atom is -0.477 e. The highest BCUT2D eigenvalue weighted by atomic mass is 35.5. The fraction of sp³-hybridized carbons (Fsp3) is 0.133. The number of amides is 1. The maximum atomic E-state index is 12.7. The molecular weight excluding hydrogens is 340 g/mol. The van der Waals surface area contributed by atoms with E-state index in [0.717, 1.165) is 0 Å². The number of fused-ring (bicyclic) bond motifs is 1. The number of para-hydroxylation sites is 1. The highest BCUT2D eigenvalue weighted by Crippen LogP contribution is 2.39. The number of anilines is 2. The van der Waals surface area contributed by atoms with E-state index in [1.54, 1.807) is 30.3 Å². The maximum Gasteiger partial charge on any atom is 0.265 e. The van der Waals surface area contributed by atoms with Crippen molar-refractivity contribution in [3.05, 3.63) is 47.5 Å². The smallest absolute Gasteiger partial charge is 0.265 e. The molecule has 0 bridgehead atoms. The summed E-state index contributed by atoms with van der Waals surface area (Å²) in [6.45, 7) is 1.54. The van der Waals surface area contributed by atoms with Crippen LogP contribution in [0.5, 0.6) is 5.75 Å². The number of sulfonamides is 1. The predicted octanol–water partition coefficient (Wildman–Crippen LogP) is 2.86. The molecule has 0 saturated carbocycles. The van der Waals surface area contributed by atoms with E-state index in [1.807, 2.05) is 0 Å². The molecule has 6 nitrogen and oxygen atoms in total. The van der Waals surface area contributed by atoms with Crippen molar-refractivity contribution in [1.82, 2.24) is 0 Å². The van der Waals surface area contributed by atoms with Crippen molar-refractivity contribution < 1.29 is 17.9 Å². The third kappa shape index (κ3) is 3.11. The van der Waals surface area contributed by atoms with E-state index >= 15 is 0 Å². The van der Waals surface area contributed by atoms with Crippen molar-refractivity contribution in [3.8, 4) is 5.75 Å². The van der Waals surface area contributed by atoms with E-state index < -0.39 is 16.1 Å². The first-order valence-electron chi connectivity index (χ1n) is 6.76. The number of halogens is 1. The largest absolute Gasteiger partial charge is 0.477 e. The summed E-state index contributed by atoms with van der Waals surface area (Å²) in [6.07, 6.45) is -0.797. The Labute approximate surface area is 138 Å². The Morgan fingerprint density at radius 1 is 1.22 bits per heavy atom. The number of rotatable bonds is 3. The SMILES string of the molecule is CC1Oc2c(cc(Cl)cc2S(=O)(=O)Nc2ccccc2)NC1=O. The molecule has 3 rings (SSSR count). The van der Waals surface area contributed by atoms with Crippen LogP contribution in [0.3, 0.4) is 0 Å². The molecule has 0 aromatic heterocycles. The number of benzene rings is 2. The Morgan fingerprint density at radius 3 is 2.61 bits per heavy atom. The van der Waals surface area contributed by atoms with Crippen LogP contribution in [-0.2, 0) is 14.8 Å². The zero-order valence-corrected chi connectivity index (χ0v) is 13.6. The van der Waals surface area contributed by atoms with Gasteiger partial charge < -0.3 is 10.1 Å². The van der Waals surface area contributed by atoms with Gasteiger partial charge >= 0.3 is 0 Å². The van der Waals surface area contributed by atoms with Gasteiger partial charge in [-0.1, -0.05) is 29.8 Å². The molecule has 1 heterocycles. The Kier molecular flexibility index (Phi) is 3.91. The molecule has 0 radical (unpaired) electrons. The number of carbonyl (C=O) groups is 1. The van der Waals surface area contributed by atoms with Gasteiger partial charge in [-0.15, -0.1) is 0 Å². The van der Waals surface area contributed by atoms with E-state index in [4.69, 9.17) is 16.3 Å². The molecular formula is C15H13ClN2O4S. The Hall–Kier alpha value is -2.25. The molecule has 1 atom stereocenters. The van der Waals surface area contributed by atoms with Gasteiger partial charge in [-0.2, -0.15) is 0 Å². The molecule has 1 amide bonds. The molecule has 0 spiro atoms. The van der Waals surface area contributed by atoms with Crippen molar-refractivity contribution in [2.24, 2.45) is 0 Å². The van der Waals surface area contributed by atoms with E-state index in [9.17, 15) is 13.2 Å². The van der Waals surface area contributed by atoms with Crippen LogP contribution in [-0.4, -0.2) is 20.4 Å². The molecule has 1 aliphatic rings. The topological polar surface area (TPSA) is 84.5 Å². The number of ether oxygens (including phenoxy) is 1. The van der Waals surface area contributed by atoms with Crippen molar-refractivity contribution in [2.75, 3.05) is 10.0 Å². The average Bonchev–Trinajstić information content (AvgIpc) is 2.49. The van der Waals surface area contributed by atoms with E-state index in [-0.39, 0.29) is 27.3 Å². The summed E-state index contributed by atoms with van der Waals surface area (Å²) in [4.78, 5) is 11.5. The van der Waals surface area contributed by atoms with Gasteiger partial charge in [-0.25, -0.2) is 8.42 Å². The summed E-state index contributed by atoms with van der Waals surface area (Å²) in [6, 6.07) is 11.2. The molecule has 23 heavy (non-hydrogen) atoms. The number of carbonyl (C=O) groups excluding carboxylic acids is 1. The highest BCUT2D eigenvalue weighted by molar-refractivity contribution is 7.92. The second-order valence-electron chi connectivity index (χ2n) is 5.00. The van der Waals surface area contributed by atoms with Gasteiger partial charge in [-0.3, -0.25) is 9.52 Å². The van der Waals surface area contributed by atoms with Crippen LogP contribution in [0.15, 0.2) is 47.4 Å². The summed E-state index contributed by atoms with van der Waals surface area (Å²) in [7, 11) is -3.93. The molecule has 1 aliphatic heterocycles. The lowest BCUT2D eigenvalue weighted by atomic mass is 10.2. The van der Waals surface area contributed by atoms with Crippen LogP contribution >= 0.6 is 11.6 Å². The predicted molar refractivity (Wildman–Crippen MR) is 87.4 cm³/mol. The molecule has 2 N–H and O–H groups in total. The van der Waals surface area contributed by atoms with Gasteiger partial charge in [0.2, 0.25) is 0 Å². The van der Waals surface area contributed by atoms with Crippen molar-refractivity contribution in [1.29, 1.82) is 0 Å². The van der Waals surface area contributed by atoms with Crippen LogP contribution in [0.4, 0.5) is 11.4 Å². The minimum atomic E-state index is -3.93. The fourth-order valence-corrected chi connectivity index (χ4v) is 3.69. The minimum absolute atomic E-state index is 0.0740. The first-order valence-corrected chi connectivity index (χ1v) is 8.62. The molecule has 0 fully saturated rings. The number of hydrogen-bond acceptors (Lipinski definition) is 4. The summed E-state index contributed by atoms with van der Waals surface area (Å²) in [5.74, 6) is -0.288. The first kappa shape index (κ1) is 15.6. The molecule has 0 aliphatic carbocycles. The molecule has 8 heteroatoms. The standard InChI is InChI=1S/C15H13ClN2O4S/c1-9-15(19)17-12-7-10(16)8-13(14(12)22-9)23(20,21)18-11-5-3-2-4-6-11/h2-9,18H,1H3,(H,17,19). The van der Waals surface area contributed by atoms with Gasteiger partial charge in [-0.05, 0) is 31.2 Å². The average molecular weight is 353 g/mol. The van der Waals surface area contributed by atoms with E-state index in [1.165, 1.54) is 19.1 Å². The Morgan fingerprint density at radius 2 is 1.91 bits per heavy atom. The van der Waals surface area contributed by atoms with Crippen molar-refractivity contribution in [3.63, 3.8) is 0 Å². The Balaban J connectivity index is 2.07. The summed E-state index contributed by atoms with van der Waals surface area (Å²) >= 11 is 5.98. The molecule has 1 unspecified atom stereocenters.